The lowest BCUT2D eigenvalue weighted by Gasteiger charge is -2.12. The van der Waals surface area contributed by atoms with Crippen molar-refractivity contribution in [1.82, 2.24) is 5.32 Å². The summed E-state index contributed by atoms with van der Waals surface area (Å²) in [4.78, 5) is 0. The van der Waals surface area contributed by atoms with Gasteiger partial charge in [-0.25, -0.2) is 0 Å². The van der Waals surface area contributed by atoms with Gasteiger partial charge in [0.1, 0.15) is 0 Å². The minimum absolute atomic E-state index is 0.415. The van der Waals surface area contributed by atoms with E-state index in [1.807, 2.05) is 0 Å². The third kappa shape index (κ3) is 13.9. The molecule has 106 valence electrons. The Labute approximate surface area is 116 Å². The monoisotopic (exact) mass is 273 g/mol. The molecule has 0 spiro atoms. The molecule has 2 N–H and O–H groups in total. The van der Waals surface area contributed by atoms with Crippen molar-refractivity contribution in [3.05, 3.63) is 0 Å². The molecule has 0 bridgehead atoms. The van der Waals surface area contributed by atoms with Gasteiger partial charge in [-0.1, -0.05) is 19.8 Å². The van der Waals surface area contributed by atoms with Crippen molar-refractivity contribution >= 4 is 11.8 Å². The molecular weight excluding hydrogens is 246 g/mol. The summed E-state index contributed by atoms with van der Waals surface area (Å²) in [5, 5.41) is 12.8. The van der Waals surface area contributed by atoms with E-state index in [9.17, 15) is 5.11 Å². The molecule has 1 unspecified atom stereocenters. The summed E-state index contributed by atoms with van der Waals surface area (Å²) in [7, 11) is 0. The quantitative estimate of drug-likeness (QED) is 0.420. The fourth-order valence-corrected chi connectivity index (χ4v) is 1.97. The van der Waals surface area contributed by atoms with E-state index in [2.05, 4.69) is 25.1 Å². The zero-order valence-corrected chi connectivity index (χ0v) is 12.5. The minimum atomic E-state index is -0.415. The van der Waals surface area contributed by atoms with Crippen LogP contribution < -0.4 is 5.32 Å². The molecule has 18 heavy (non-hydrogen) atoms. The molecule has 1 atom stereocenters. The second-order valence-corrected chi connectivity index (χ2v) is 5.83. The Hall–Kier alpha value is -0.210. The van der Waals surface area contributed by atoms with Crippen molar-refractivity contribution in [2.75, 3.05) is 37.8 Å². The van der Waals surface area contributed by atoms with Gasteiger partial charge in [0, 0.05) is 25.4 Å². The van der Waals surface area contributed by atoms with Crippen LogP contribution in [-0.4, -0.2) is 49.0 Å². The molecule has 0 aromatic rings. The molecule has 3 nitrogen and oxygen atoms in total. The van der Waals surface area contributed by atoms with Crippen molar-refractivity contribution in [3.8, 4) is 12.3 Å². The molecule has 0 saturated heterocycles. The fourth-order valence-electron chi connectivity index (χ4n) is 1.42. The average molecular weight is 273 g/mol. The van der Waals surface area contributed by atoms with Gasteiger partial charge in [0.2, 0.25) is 0 Å². The maximum atomic E-state index is 9.63. The van der Waals surface area contributed by atoms with E-state index in [0.29, 0.717) is 13.2 Å². The first-order chi connectivity index (χ1) is 8.66. The van der Waals surface area contributed by atoms with Gasteiger partial charge in [0.15, 0.2) is 0 Å². The van der Waals surface area contributed by atoms with Crippen LogP contribution in [0.4, 0.5) is 0 Å². The topological polar surface area (TPSA) is 41.5 Å². The van der Waals surface area contributed by atoms with E-state index in [1.165, 1.54) is 6.42 Å². The average Bonchev–Trinajstić information content (AvgIpc) is 2.33. The Morgan fingerprint density at radius 2 is 2.22 bits per heavy atom. The summed E-state index contributed by atoms with van der Waals surface area (Å²) in [6.07, 6.45) is 6.98. The van der Waals surface area contributed by atoms with E-state index >= 15 is 0 Å². The van der Waals surface area contributed by atoms with E-state index in [4.69, 9.17) is 11.2 Å². The lowest BCUT2D eigenvalue weighted by molar-refractivity contribution is 0.0351. The molecule has 0 heterocycles. The second-order valence-electron chi connectivity index (χ2n) is 4.73. The lowest BCUT2D eigenvalue weighted by Crippen LogP contribution is -2.31. The molecule has 0 aliphatic carbocycles. The number of thioether (sulfide) groups is 1. The van der Waals surface area contributed by atoms with Crippen LogP contribution >= 0.6 is 11.8 Å². The number of nitrogens with one attached hydrogen (secondary N) is 1. The van der Waals surface area contributed by atoms with Gasteiger partial charge in [0.05, 0.1) is 18.5 Å². The van der Waals surface area contributed by atoms with E-state index in [-0.39, 0.29) is 0 Å². The number of terminal acetylenes is 1. The summed E-state index contributed by atoms with van der Waals surface area (Å²) >= 11 is 1.72. The zero-order valence-electron chi connectivity index (χ0n) is 11.7. The normalized spacial score (nSPS) is 12.6. The molecule has 0 saturated carbocycles. The highest BCUT2D eigenvalue weighted by molar-refractivity contribution is 7.99. The van der Waals surface area contributed by atoms with Gasteiger partial charge in [-0.2, -0.15) is 0 Å². The third-order valence-corrected chi connectivity index (χ3v) is 3.23. The van der Waals surface area contributed by atoms with Crippen LogP contribution in [0.2, 0.25) is 0 Å². The van der Waals surface area contributed by atoms with Crippen LogP contribution in [0, 0.1) is 18.3 Å². The molecular formula is C14H27NO2S. The first kappa shape index (κ1) is 17.8. The number of ether oxygens (including phenoxy) is 1. The smallest absolute Gasteiger partial charge is 0.0897 e. The van der Waals surface area contributed by atoms with Crippen molar-refractivity contribution < 1.29 is 9.84 Å². The summed E-state index contributed by atoms with van der Waals surface area (Å²) in [6, 6.07) is 0. The molecule has 0 aromatic carbocycles. The van der Waals surface area contributed by atoms with E-state index in [0.717, 1.165) is 37.0 Å². The van der Waals surface area contributed by atoms with E-state index < -0.39 is 6.10 Å². The number of hydrogen-bond acceptors (Lipinski definition) is 4. The Morgan fingerprint density at radius 1 is 1.44 bits per heavy atom. The van der Waals surface area contributed by atoms with Crippen LogP contribution in [0.1, 0.15) is 26.7 Å². The van der Waals surface area contributed by atoms with Crippen LogP contribution in [0.5, 0.6) is 0 Å². The van der Waals surface area contributed by atoms with Crippen LogP contribution in [-0.2, 0) is 4.74 Å². The highest BCUT2D eigenvalue weighted by Crippen LogP contribution is 2.03. The van der Waals surface area contributed by atoms with Crippen molar-refractivity contribution in [3.63, 3.8) is 0 Å². The number of aliphatic hydroxyl groups excluding tert-OH is 1. The predicted molar refractivity (Wildman–Crippen MR) is 79.9 cm³/mol. The zero-order chi connectivity index (χ0) is 13.6. The first-order valence-electron chi connectivity index (χ1n) is 6.64. The molecule has 0 fully saturated rings. The van der Waals surface area contributed by atoms with Gasteiger partial charge in [-0.05, 0) is 18.8 Å². The van der Waals surface area contributed by atoms with Crippen molar-refractivity contribution in [2.45, 2.75) is 32.8 Å². The third-order valence-electron chi connectivity index (χ3n) is 2.37. The summed E-state index contributed by atoms with van der Waals surface area (Å²) in [5.74, 6) is 5.04. The summed E-state index contributed by atoms with van der Waals surface area (Å²) < 4.78 is 5.42. The highest BCUT2D eigenvalue weighted by atomic mass is 32.2. The number of aliphatic hydroxyl groups is 1. The van der Waals surface area contributed by atoms with Gasteiger partial charge >= 0.3 is 0 Å². The Balaban J connectivity index is 3.17. The second kappa shape index (κ2) is 13.2. The van der Waals surface area contributed by atoms with E-state index in [1.54, 1.807) is 11.8 Å². The minimum Gasteiger partial charge on any atom is -0.389 e. The number of rotatable bonds is 12. The molecule has 0 rings (SSSR count). The van der Waals surface area contributed by atoms with Crippen molar-refractivity contribution in [1.29, 1.82) is 0 Å². The van der Waals surface area contributed by atoms with Crippen LogP contribution in [0.15, 0.2) is 0 Å². The molecule has 0 amide bonds. The molecule has 0 radical (unpaired) electrons. The molecule has 0 aliphatic rings. The molecule has 0 aromatic heterocycles. The summed E-state index contributed by atoms with van der Waals surface area (Å²) in [6.45, 7) is 7.03. The highest BCUT2D eigenvalue weighted by Gasteiger charge is 2.03. The Morgan fingerprint density at radius 3 is 2.89 bits per heavy atom. The maximum absolute atomic E-state index is 9.63. The first-order valence-corrected chi connectivity index (χ1v) is 7.80. The Kier molecular flexibility index (Phi) is 13.1. The maximum Gasteiger partial charge on any atom is 0.0897 e. The largest absolute Gasteiger partial charge is 0.389 e. The standard InChI is InChI=1S/C14H27NO2S/c1-4-9-18-10-7-15-11-14(16)12-17-8-5-6-13(2)3/h1,13-16H,5-12H2,2-3H3. The van der Waals surface area contributed by atoms with Gasteiger partial charge in [0.25, 0.3) is 0 Å². The van der Waals surface area contributed by atoms with Gasteiger partial charge < -0.3 is 15.2 Å². The van der Waals surface area contributed by atoms with Crippen LogP contribution in [0.25, 0.3) is 0 Å². The van der Waals surface area contributed by atoms with Crippen LogP contribution in [0.3, 0.4) is 0 Å². The number of hydrogen-bond donors (Lipinski definition) is 2. The molecule has 0 aliphatic heterocycles. The SMILES string of the molecule is C#CCSCCNCC(O)COCCCC(C)C. The van der Waals surface area contributed by atoms with Gasteiger partial charge in [-0.3, -0.25) is 0 Å². The predicted octanol–water partition coefficient (Wildman–Crippen LogP) is 1.76. The lowest BCUT2D eigenvalue weighted by atomic mass is 10.1. The summed E-state index contributed by atoms with van der Waals surface area (Å²) in [5.41, 5.74) is 0. The fraction of sp³-hybridized carbons (Fsp3) is 0.857. The van der Waals surface area contributed by atoms with Gasteiger partial charge in [-0.15, -0.1) is 18.2 Å². The molecule has 4 heteroatoms. The van der Waals surface area contributed by atoms with Crippen molar-refractivity contribution in [2.24, 2.45) is 5.92 Å². The Bertz CT molecular complexity index is 216.